The molecule has 1 aromatic carbocycles. The highest BCUT2D eigenvalue weighted by Gasteiger charge is 2.23. The van der Waals surface area contributed by atoms with Gasteiger partial charge in [0.05, 0.1) is 0 Å². The van der Waals surface area contributed by atoms with Gasteiger partial charge in [-0.05, 0) is 31.2 Å². The Morgan fingerprint density at radius 3 is 2.25 bits per heavy atom. The second-order valence-electron chi connectivity index (χ2n) is 4.94. The number of rotatable bonds is 8. The first-order valence-electron chi connectivity index (χ1n) is 7.15. The van der Waals surface area contributed by atoms with Crippen molar-refractivity contribution in [1.82, 2.24) is 5.32 Å². The third kappa shape index (κ3) is 5.03. The van der Waals surface area contributed by atoms with Gasteiger partial charge in [-0.3, -0.25) is 4.79 Å². The lowest BCUT2D eigenvalue weighted by Gasteiger charge is -2.18. The summed E-state index contributed by atoms with van der Waals surface area (Å²) in [6.07, 6.45) is 2.51. The minimum absolute atomic E-state index is 0.103. The van der Waals surface area contributed by atoms with Crippen molar-refractivity contribution < 1.29 is 14.7 Å². The summed E-state index contributed by atoms with van der Waals surface area (Å²) in [5.74, 6) is -1.23. The average Bonchev–Trinajstić information content (AvgIpc) is 2.45. The number of carbonyl (C=O) groups excluding carboxylic acids is 1. The topological polar surface area (TPSA) is 66.4 Å². The molecule has 0 aromatic heterocycles. The lowest BCUT2D eigenvalue weighted by atomic mass is 10.0. The number of nitrogens with one attached hydrogen (secondary N) is 1. The lowest BCUT2D eigenvalue weighted by molar-refractivity contribution is -0.142. The molecule has 1 unspecified atom stereocenters. The van der Waals surface area contributed by atoms with Crippen molar-refractivity contribution in [3.05, 3.63) is 35.9 Å². The number of benzene rings is 1. The van der Waals surface area contributed by atoms with E-state index in [1.807, 2.05) is 44.2 Å². The number of aliphatic carboxylic acids is 1. The number of hydrogen-bond acceptors (Lipinski definition) is 2. The molecule has 110 valence electrons. The number of carboxylic acid groups (broad SMARTS) is 1. The molecule has 0 fully saturated rings. The number of aryl methyl sites for hydroxylation is 1. The molecule has 1 atom stereocenters. The maximum Gasteiger partial charge on any atom is 0.326 e. The van der Waals surface area contributed by atoms with Crippen molar-refractivity contribution in [3.8, 4) is 0 Å². The summed E-state index contributed by atoms with van der Waals surface area (Å²) >= 11 is 0. The van der Waals surface area contributed by atoms with Crippen LogP contribution >= 0.6 is 0 Å². The Bertz CT molecular complexity index is 427. The van der Waals surface area contributed by atoms with Crippen LogP contribution in [0.4, 0.5) is 0 Å². The van der Waals surface area contributed by atoms with E-state index in [4.69, 9.17) is 0 Å². The van der Waals surface area contributed by atoms with Gasteiger partial charge in [0.1, 0.15) is 6.04 Å². The van der Waals surface area contributed by atoms with E-state index in [0.29, 0.717) is 12.8 Å². The van der Waals surface area contributed by atoms with Crippen LogP contribution in [0.3, 0.4) is 0 Å². The predicted molar refractivity (Wildman–Crippen MR) is 78.4 cm³/mol. The summed E-state index contributed by atoms with van der Waals surface area (Å²) in [6.45, 7) is 3.88. The monoisotopic (exact) mass is 277 g/mol. The molecular weight excluding hydrogens is 254 g/mol. The smallest absolute Gasteiger partial charge is 0.326 e. The van der Waals surface area contributed by atoms with Crippen LogP contribution in [0.25, 0.3) is 0 Å². The van der Waals surface area contributed by atoms with Crippen molar-refractivity contribution in [2.75, 3.05) is 0 Å². The molecule has 20 heavy (non-hydrogen) atoms. The maximum atomic E-state index is 12.0. The van der Waals surface area contributed by atoms with Gasteiger partial charge >= 0.3 is 5.97 Å². The van der Waals surface area contributed by atoms with Gasteiger partial charge in [0.15, 0.2) is 0 Å². The van der Waals surface area contributed by atoms with Gasteiger partial charge in [0, 0.05) is 5.92 Å². The van der Waals surface area contributed by atoms with Crippen LogP contribution in [-0.4, -0.2) is 23.0 Å². The molecular formula is C16H23NO3. The highest BCUT2D eigenvalue weighted by molar-refractivity contribution is 5.84. The van der Waals surface area contributed by atoms with Gasteiger partial charge in [0.2, 0.25) is 5.91 Å². The third-order valence-corrected chi connectivity index (χ3v) is 3.54. The average molecular weight is 277 g/mol. The van der Waals surface area contributed by atoms with Crippen LogP contribution < -0.4 is 5.32 Å². The summed E-state index contributed by atoms with van der Waals surface area (Å²) in [4.78, 5) is 23.2. The SMILES string of the molecule is CCC(CC)C(=O)NC(CCc1ccccc1)C(=O)O. The molecule has 4 heteroatoms. The van der Waals surface area contributed by atoms with E-state index in [2.05, 4.69) is 5.32 Å². The predicted octanol–water partition coefficient (Wildman–Crippen LogP) is 2.62. The normalized spacial score (nSPS) is 12.2. The zero-order valence-corrected chi connectivity index (χ0v) is 12.1. The molecule has 0 spiro atoms. The second kappa shape index (κ2) is 8.35. The van der Waals surface area contributed by atoms with Crippen molar-refractivity contribution in [2.45, 2.75) is 45.6 Å². The van der Waals surface area contributed by atoms with Gasteiger partial charge in [-0.25, -0.2) is 4.79 Å². The minimum Gasteiger partial charge on any atom is -0.480 e. The van der Waals surface area contributed by atoms with E-state index >= 15 is 0 Å². The van der Waals surface area contributed by atoms with Crippen molar-refractivity contribution in [1.29, 1.82) is 0 Å². The Morgan fingerprint density at radius 1 is 1.15 bits per heavy atom. The van der Waals surface area contributed by atoms with Crippen LogP contribution in [0.15, 0.2) is 30.3 Å². The standard InChI is InChI=1S/C16H23NO3/c1-3-13(4-2)15(18)17-14(16(19)20)11-10-12-8-6-5-7-9-12/h5-9,13-14H,3-4,10-11H2,1-2H3,(H,17,18)(H,19,20). The molecule has 0 radical (unpaired) electrons. The Kier molecular flexibility index (Phi) is 6.77. The second-order valence-corrected chi connectivity index (χ2v) is 4.94. The van der Waals surface area contributed by atoms with Gasteiger partial charge < -0.3 is 10.4 Å². The summed E-state index contributed by atoms with van der Waals surface area (Å²) < 4.78 is 0. The molecule has 1 aromatic rings. The van der Waals surface area contributed by atoms with Crippen molar-refractivity contribution in [2.24, 2.45) is 5.92 Å². The van der Waals surface area contributed by atoms with Crippen LogP contribution in [-0.2, 0) is 16.0 Å². The van der Waals surface area contributed by atoms with Crippen molar-refractivity contribution >= 4 is 11.9 Å². The largest absolute Gasteiger partial charge is 0.480 e. The summed E-state index contributed by atoms with van der Waals surface area (Å²) in [5.41, 5.74) is 1.08. The fourth-order valence-corrected chi connectivity index (χ4v) is 2.16. The van der Waals surface area contributed by atoms with Gasteiger partial charge in [-0.2, -0.15) is 0 Å². The van der Waals surface area contributed by atoms with E-state index in [0.717, 1.165) is 18.4 Å². The molecule has 0 bridgehead atoms. The van der Waals surface area contributed by atoms with E-state index in [-0.39, 0.29) is 11.8 Å². The van der Waals surface area contributed by atoms with Gasteiger partial charge in [0.25, 0.3) is 0 Å². The summed E-state index contributed by atoms with van der Waals surface area (Å²) in [7, 11) is 0. The lowest BCUT2D eigenvalue weighted by Crippen LogP contribution is -2.43. The highest BCUT2D eigenvalue weighted by Crippen LogP contribution is 2.10. The Morgan fingerprint density at radius 2 is 1.75 bits per heavy atom. The van der Waals surface area contributed by atoms with Gasteiger partial charge in [-0.1, -0.05) is 44.2 Å². The maximum absolute atomic E-state index is 12.0. The number of carbonyl (C=O) groups is 2. The number of carboxylic acids is 1. The first-order valence-corrected chi connectivity index (χ1v) is 7.15. The number of amides is 1. The molecule has 0 saturated heterocycles. The highest BCUT2D eigenvalue weighted by atomic mass is 16.4. The van der Waals surface area contributed by atoms with Crippen molar-refractivity contribution in [3.63, 3.8) is 0 Å². The molecule has 0 saturated carbocycles. The third-order valence-electron chi connectivity index (χ3n) is 3.54. The van der Waals surface area contributed by atoms with E-state index in [9.17, 15) is 14.7 Å². The quantitative estimate of drug-likeness (QED) is 0.767. The van der Waals surface area contributed by atoms with E-state index < -0.39 is 12.0 Å². The minimum atomic E-state index is -0.972. The van der Waals surface area contributed by atoms with Crippen LogP contribution in [0.2, 0.25) is 0 Å². The summed E-state index contributed by atoms with van der Waals surface area (Å²) in [6, 6.07) is 8.88. The molecule has 0 aliphatic carbocycles. The first kappa shape index (κ1) is 16.2. The van der Waals surface area contributed by atoms with Crippen LogP contribution in [0.1, 0.15) is 38.7 Å². The molecule has 1 amide bonds. The summed E-state index contributed by atoms with van der Waals surface area (Å²) in [5, 5.41) is 11.9. The molecule has 2 N–H and O–H groups in total. The fraction of sp³-hybridized carbons (Fsp3) is 0.500. The first-order chi connectivity index (χ1) is 9.58. The van der Waals surface area contributed by atoms with Crippen LogP contribution in [0, 0.1) is 5.92 Å². The Labute approximate surface area is 120 Å². The fourth-order valence-electron chi connectivity index (χ4n) is 2.16. The van der Waals surface area contributed by atoms with Gasteiger partial charge in [-0.15, -0.1) is 0 Å². The molecule has 0 aliphatic rings. The van der Waals surface area contributed by atoms with Crippen LogP contribution in [0.5, 0.6) is 0 Å². The zero-order chi connectivity index (χ0) is 15.0. The molecule has 0 heterocycles. The molecule has 0 aliphatic heterocycles. The zero-order valence-electron chi connectivity index (χ0n) is 12.1. The number of hydrogen-bond donors (Lipinski definition) is 2. The van der Waals surface area contributed by atoms with E-state index in [1.54, 1.807) is 0 Å². The van der Waals surface area contributed by atoms with E-state index in [1.165, 1.54) is 0 Å². The Balaban J connectivity index is 2.57. The molecule has 1 rings (SSSR count). The Hall–Kier alpha value is -1.84. The molecule has 4 nitrogen and oxygen atoms in total.